The van der Waals surface area contributed by atoms with Crippen molar-refractivity contribution in [1.29, 1.82) is 0 Å². The Balaban J connectivity index is 1.40. The molecule has 1 aliphatic heterocycles. The van der Waals surface area contributed by atoms with Crippen LogP contribution in [-0.4, -0.2) is 15.1 Å². The topological polar surface area (TPSA) is 49.2 Å². The molecular weight excluding hydrogens is 478 g/mol. The number of benzene rings is 4. The van der Waals surface area contributed by atoms with Crippen molar-refractivity contribution in [3.05, 3.63) is 133 Å². The number of hydrogen-bond acceptors (Lipinski definition) is 4. The second-order valence-corrected chi connectivity index (χ2v) is 10.5. The summed E-state index contributed by atoms with van der Waals surface area (Å²) in [6.07, 6.45) is 1.95. The highest BCUT2D eigenvalue weighted by Crippen LogP contribution is 2.52. The van der Waals surface area contributed by atoms with Crippen molar-refractivity contribution in [1.82, 2.24) is 9.97 Å². The summed E-state index contributed by atoms with van der Waals surface area (Å²) in [5.74, 6) is 1.05. The second-order valence-electron chi connectivity index (χ2n) is 10.5. The Bertz CT molecular complexity index is 1840. The number of aromatic nitrogens is 2. The van der Waals surface area contributed by atoms with Gasteiger partial charge in [0.15, 0.2) is 0 Å². The number of pyridine rings is 2. The number of aromatic hydroxyl groups is 1. The van der Waals surface area contributed by atoms with E-state index in [4.69, 9.17) is 9.97 Å². The van der Waals surface area contributed by atoms with Crippen LogP contribution in [0.3, 0.4) is 0 Å². The number of fused-ring (bicyclic) bond motifs is 3. The molecule has 3 heterocycles. The van der Waals surface area contributed by atoms with Crippen LogP contribution in [0.25, 0.3) is 33.3 Å². The van der Waals surface area contributed by atoms with E-state index in [0.717, 1.165) is 45.0 Å². The molecule has 0 radical (unpaired) electrons. The highest BCUT2D eigenvalue weighted by Gasteiger charge is 2.37. The van der Waals surface area contributed by atoms with Gasteiger partial charge in [0.05, 0.1) is 17.1 Å². The van der Waals surface area contributed by atoms with Crippen molar-refractivity contribution in [3.63, 3.8) is 0 Å². The molecule has 0 unspecified atom stereocenters. The van der Waals surface area contributed by atoms with Gasteiger partial charge in [-0.1, -0.05) is 92.7 Å². The third-order valence-electron chi connectivity index (χ3n) is 7.81. The fraction of sp³-hybridized carbons (Fsp3) is 0.0857. The van der Waals surface area contributed by atoms with Gasteiger partial charge in [-0.2, -0.15) is 0 Å². The molecule has 0 saturated carbocycles. The standard InChI is InChI=1S/C35H27N3O/c1-35(2)27-12-6-7-13-30(27)38(33-20-17-26(22-36-33)23-9-4-3-5-10-23)31-21-25(15-18-28(31)35)29-19-16-24-11-8-14-32(39)34(24)37-29/h3-22,39H,1-2H3. The number of para-hydroxylation sites is 2. The Hall–Kier alpha value is -4.96. The minimum absolute atomic E-state index is 0.187. The third-order valence-corrected chi connectivity index (χ3v) is 7.81. The predicted octanol–water partition coefficient (Wildman–Crippen LogP) is 8.78. The first-order valence-corrected chi connectivity index (χ1v) is 13.2. The van der Waals surface area contributed by atoms with Crippen LogP contribution < -0.4 is 4.90 Å². The zero-order chi connectivity index (χ0) is 26.6. The van der Waals surface area contributed by atoms with Crippen LogP contribution in [0, 0.1) is 0 Å². The first-order chi connectivity index (χ1) is 19.0. The van der Waals surface area contributed by atoms with Crippen molar-refractivity contribution < 1.29 is 5.11 Å². The third kappa shape index (κ3) is 3.76. The lowest BCUT2D eigenvalue weighted by Crippen LogP contribution is -2.31. The molecule has 7 rings (SSSR count). The molecule has 0 amide bonds. The van der Waals surface area contributed by atoms with E-state index in [-0.39, 0.29) is 11.2 Å². The zero-order valence-corrected chi connectivity index (χ0v) is 21.8. The molecule has 0 fully saturated rings. The summed E-state index contributed by atoms with van der Waals surface area (Å²) in [7, 11) is 0. The average Bonchev–Trinajstić information content (AvgIpc) is 2.98. The molecule has 0 spiro atoms. The summed E-state index contributed by atoms with van der Waals surface area (Å²) in [6, 6.07) is 39.2. The van der Waals surface area contributed by atoms with Gasteiger partial charge in [-0.15, -0.1) is 0 Å². The maximum absolute atomic E-state index is 10.4. The Kier molecular flexibility index (Phi) is 5.24. The first kappa shape index (κ1) is 23.2. The predicted molar refractivity (Wildman–Crippen MR) is 159 cm³/mol. The summed E-state index contributed by atoms with van der Waals surface area (Å²) < 4.78 is 0. The molecule has 188 valence electrons. The fourth-order valence-electron chi connectivity index (χ4n) is 5.74. The highest BCUT2D eigenvalue weighted by molar-refractivity contribution is 5.89. The van der Waals surface area contributed by atoms with Gasteiger partial charge in [0.1, 0.15) is 17.1 Å². The quantitative estimate of drug-likeness (QED) is 0.261. The zero-order valence-electron chi connectivity index (χ0n) is 21.8. The summed E-state index contributed by atoms with van der Waals surface area (Å²) in [4.78, 5) is 12.0. The van der Waals surface area contributed by atoms with E-state index >= 15 is 0 Å². The summed E-state index contributed by atoms with van der Waals surface area (Å²) >= 11 is 0. The number of phenols is 1. The Morgan fingerprint density at radius 2 is 1.41 bits per heavy atom. The van der Waals surface area contributed by atoms with Gasteiger partial charge in [-0.05, 0) is 53.1 Å². The number of anilines is 3. The number of hydrogen-bond donors (Lipinski definition) is 1. The van der Waals surface area contributed by atoms with E-state index in [1.807, 2.05) is 48.7 Å². The molecule has 4 aromatic carbocycles. The molecule has 0 bridgehead atoms. The van der Waals surface area contributed by atoms with E-state index < -0.39 is 0 Å². The SMILES string of the molecule is CC1(C)c2ccccc2N(c2ccc(-c3ccccc3)cn2)c2cc(-c3ccc4cccc(O)c4n3)ccc21. The van der Waals surface area contributed by atoms with Gasteiger partial charge < -0.3 is 5.11 Å². The van der Waals surface area contributed by atoms with Crippen LogP contribution >= 0.6 is 0 Å². The Morgan fingerprint density at radius 1 is 0.641 bits per heavy atom. The fourth-order valence-corrected chi connectivity index (χ4v) is 5.74. The van der Waals surface area contributed by atoms with Gasteiger partial charge in [0, 0.05) is 28.1 Å². The van der Waals surface area contributed by atoms with E-state index in [0.29, 0.717) is 5.52 Å². The Labute approximate surface area is 227 Å². The van der Waals surface area contributed by atoms with E-state index in [1.165, 1.54) is 11.1 Å². The van der Waals surface area contributed by atoms with Crippen LogP contribution in [0.15, 0.2) is 121 Å². The highest BCUT2D eigenvalue weighted by atomic mass is 16.3. The molecule has 6 aromatic rings. The normalized spacial score (nSPS) is 13.6. The largest absolute Gasteiger partial charge is 0.506 e. The molecular formula is C35H27N3O. The summed E-state index contributed by atoms with van der Waals surface area (Å²) in [5.41, 5.74) is 9.12. The van der Waals surface area contributed by atoms with Gasteiger partial charge in [-0.3, -0.25) is 4.90 Å². The molecule has 0 atom stereocenters. The van der Waals surface area contributed by atoms with E-state index in [9.17, 15) is 5.11 Å². The maximum Gasteiger partial charge on any atom is 0.141 e. The monoisotopic (exact) mass is 505 g/mol. The molecule has 0 saturated heterocycles. The number of phenolic OH excluding ortho intramolecular Hbond substituents is 1. The van der Waals surface area contributed by atoms with Crippen LogP contribution in [0.1, 0.15) is 25.0 Å². The lowest BCUT2D eigenvalue weighted by atomic mass is 9.73. The molecule has 39 heavy (non-hydrogen) atoms. The number of nitrogens with zero attached hydrogens (tertiary/aromatic N) is 3. The van der Waals surface area contributed by atoms with Crippen LogP contribution in [0.5, 0.6) is 5.75 Å². The van der Waals surface area contributed by atoms with E-state index in [1.54, 1.807) is 6.07 Å². The van der Waals surface area contributed by atoms with E-state index in [2.05, 4.69) is 85.5 Å². The van der Waals surface area contributed by atoms with Crippen LogP contribution in [0.2, 0.25) is 0 Å². The molecule has 1 N–H and O–H groups in total. The minimum Gasteiger partial charge on any atom is -0.506 e. The van der Waals surface area contributed by atoms with Gasteiger partial charge in [0.2, 0.25) is 0 Å². The van der Waals surface area contributed by atoms with Crippen molar-refractivity contribution in [2.75, 3.05) is 4.90 Å². The molecule has 4 heteroatoms. The average molecular weight is 506 g/mol. The lowest BCUT2D eigenvalue weighted by Gasteiger charge is -2.41. The first-order valence-electron chi connectivity index (χ1n) is 13.2. The summed E-state index contributed by atoms with van der Waals surface area (Å²) in [6.45, 7) is 4.56. The van der Waals surface area contributed by atoms with Crippen molar-refractivity contribution in [2.24, 2.45) is 0 Å². The maximum atomic E-state index is 10.4. The molecule has 4 nitrogen and oxygen atoms in total. The van der Waals surface area contributed by atoms with Crippen molar-refractivity contribution >= 4 is 28.1 Å². The molecule has 0 aliphatic carbocycles. The molecule has 1 aliphatic rings. The summed E-state index contributed by atoms with van der Waals surface area (Å²) in [5, 5.41) is 11.3. The van der Waals surface area contributed by atoms with Crippen molar-refractivity contribution in [3.8, 4) is 28.1 Å². The molecule has 2 aromatic heterocycles. The lowest BCUT2D eigenvalue weighted by molar-refractivity contribution is 0.480. The van der Waals surface area contributed by atoms with Crippen molar-refractivity contribution in [2.45, 2.75) is 19.3 Å². The van der Waals surface area contributed by atoms with Gasteiger partial charge in [-0.25, -0.2) is 9.97 Å². The van der Waals surface area contributed by atoms with Gasteiger partial charge >= 0.3 is 0 Å². The minimum atomic E-state index is -0.194. The van der Waals surface area contributed by atoms with Crippen LogP contribution in [0.4, 0.5) is 17.2 Å². The number of rotatable bonds is 3. The smallest absolute Gasteiger partial charge is 0.141 e. The van der Waals surface area contributed by atoms with Gasteiger partial charge in [0.25, 0.3) is 0 Å². The Morgan fingerprint density at radius 3 is 2.23 bits per heavy atom. The van der Waals surface area contributed by atoms with Crippen LogP contribution in [-0.2, 0) is 5.41 Å². The second kappa shape index (κ2) is 8.81.